The van der Waals surface area contributed by atoms with Crippen molar-refractivity contribution >= 4 is 0 Å². The Morgan fingerprint density at radius 3 is 1.89 bits per heavy atom. The fourth-order valence-corrected chi connectivity index (χ4v) is 2.09. The summed E-state index contributed by atoms with van der Waals surface area (Å²) >= 11 is 0. The summed E-state index contributed by atoms with van der Waals surface area (Å²) in [7, 11) is 0. The molecule has 2 N–H and O–H groups in total. The lowest BCUT2D eigenvalue weighted by atomic mass is 10.1. The normalized spacial score (nSPS) is 10.5. The molecule has 0 aliphatic rings. The van der Waals surface area contributed by atoms with Crippen LogP contribution < -0.4 is 0 Å². The summed E-state index contributed by atoms with van der Waals surface area (Å²) in [6, 6.07) is 18.1. The van der Waals surface area contributed by atoms with Crippen molar-refractivity contribution in [1.29, 1.82) is 0 Å². The van der Waals surface area contributed by atoms with Crippen LogP contribution >= 0.6 is 0 Å². The number of hydrogen-bond donors (Lipinski definition) is 2. The highest BCUT2D eigenvalue weighted by atomic mass is 16.3. The van der Waals surface area contributed by atoms with Crippen LogP contribution in [-0.4, -0.2) is 14.8 Å². The van der Waals surface area contributed by atoms with Gasteiger partial charge in [-0.05, 0) is 66.2 Å². The molecule has 0 aliphatic heterocycles. The zero-order valence-corrected chi connectivity index (χ0v) is 10.2. The van der Waals surface area contributed by atoms with Crippen LogP contribution in [0.25, 0.3) is 16.9 Å². The minimum atomic E-state index is 0.252. The van der Waals surface area contributed by atoms with E-state index in [1.807, 2.05) is 47.2 Å². The number of phenols is 2. The third-order valence-electron chi connectivity index (χ3n) is 3.04. The Morgan fingerprint density at radius 1 is 0.684 bits per heavy atom. The molecule has 3 aromatic rings. The first-order valence-corrected chi connectivity index (χ1v) is 6.00. The number of nitrogens with zero attached hydrogens (tertiary/aromatic N) is 1. The first-order chi connectivity index (χ1) is 9.24. The molecule has 0 atom stereocenters. The lowest BCUT2D eigenvalue weighted by molar-refractivity contribution is 0.474. The number of hydrogen-bond acceptors (Lipinski definition) is 2. The van der Waals surface area contributed by atoms with Crippen LogP contribution in [0.2, 0.25) is 0 Å². The highest BCUT2D eigenvalue weighted by Crippen LogP contribution is 2.26. The zero-order valence-electron chi connectivity index (χ0n) is 10.2. The average Bonchev–Trinajstić information content (AvgIpc) is 2.90. The van der Waals surface area contributed by atoms with Crippen molar-refractivity contribution < 1.29 is 10.2 Å². The summed E-state index contributed by atoms with van der Waals surface area (Å²) in [5, 5.41) is 18.7. The first-order valence-electron chi connectivity index (χ1n) is 6.00. The van der Waals surface area contributed by atoms with Gasteiger partial charge in [0.05, 0.1) is 5.69 Å². The Kier molecular flexibility index (Phi) is 2.72. The molecule has 0 aliphatic carbocycles. The predicted molar refractivity (Wildman–Crippen MR) is 74.5 cm³/mol. The third-order valence-corrected chi connectivity index (χ3v) is 3.04. The quantitative estimate of drug-likeness (QED) is 0.731. The van der Waals surface area contributed by atoms with Crippen LogP contribution in [0, 0.1) is 0 Å². The molecule has 0 fully saturated rings. The molecule has 94 valence electrons. The van der Waals surface area contributed by atoms with Crippen molar-refractivity contribution in [3.63, 3.8) is 0 Å². The number of aromatic nitrogens is 1. The van der Waals surface area contributed by atoms with Gasteiger partial charge < -0.3 is 14.8 Å². The topological polar surface area (TPSA) is 45.4 Å². The summed E-state index contributed by atoms with van der Waals surface area (Å²) in [5.41, 5.74) is 3.03. The lowest BCUT2D eigenvalue weighted by Gasteiger charge is -2.09. The standard InChI is InChI=1S/C16H13NO2/c18-14-7-3-12(4-8-14)16-2-1-11-17(16)13-5-9-15(19)10-6-13/h1-11,18-19H. The van der Waals surface area contributed by atoms with E-state index >= 15 is 0 Å². The van der Waals surface area contributed by atoms with E-state index in [0.29, 0.717) is 0 Å². The van der Waals surface area contributed by atoms with Crippen molar-refractivity contribution in [3.05, 3.63) is 66.9 Å². The SMILES string of the molecule is Oc1ccc(-c2cccn2-c2ccc(O)cc2)cc1. The largest absolute Gasteiger partial charge is 0.508 e. The molecule has 0 spiro atoms. The van der Waals surface area contributed by atoms with Crippen LogP contribution in [0.5, 0.6) is 11.5 Å². The Hall–Kier alpha value is -2.68. The molecular formula is C16H13NO2. The Balaban J connectivity index is 2.07. The average molecular weight is 251 g/mol. The van der Waals surface area contributed by atoms with E-state index < -0.39 is 0 Å². The molecule has 0 amide bonds. The molecule has 3 rings (SSSR count). The molecule has 0 saturated heterocycles. The molecule has 1 heterocycles. The maximum atomic E-state index is 9.34. The van der Waals surface area contributed by atoms with E-state index in [0.717, 1.165) is 16.9 Å². The number of aromatic hydroxyl groups is 2. The van der Waals surface area contributed by atoms with Gasteiger partial charge in [-0.2, -0.15) is 0 Å². The van der Waals surface area contributed by atoms with Crippen LogP contribution in [0.3, 0.4) is 0 Å². The van der Waals surface area contributed by atoms with E-state index in [-0.39, 0.29) is 11.5 Å². The molecule has 0 bridgehead atoms. The number of benzene rings is 2. The molecule has 0 radical (unpaired) electrons. The van der Waals surface area contributed by atoms with Crippen molar-refractivity contribution in [2.75, 3.05) is 0 Å². The van der Waals surface area contributed by atoms with E-state index in [9.17, 15) is 10.2 Å². The van der Waals surface area contributed by atoms with Crippen LogP contribution in [0.15, 0.2) is 66.9 Å². The predicted octanol–water partition coefficient (Wildman–Crippen LogP) is 3.56. The van der Waals surface area contributed by atoms with Crippen LogP contribution in [-0.2, 0) is 0 Å². The summed E-state index contributed by atoms with van der Waals surface area (Å²) < 4.78 is 2.03. The second kappa shape index (κ2) is 4.53. The molecule has 2 aromatic carbocycles. The van der Waals surface area contributed by atoms with Crippen LogP contribution in [0.4, 0.5) is 0 Å². The number of phenolic OH excluding ortho intramolecular Hbond substituents is 2. The Morgan fingerprint density at radius 2 is 1.26 bits per heavy atom. The second-order valence-corrected chi connectivity index (χ2v) is 4.33. The molecule has 0 saturated carbocycles. The van der Waals surface area contributed by atoms with E-state index in [1.54, 1.807) is 24.3 Å². The van der Waals surface area contributed by atoms with E-state index in [4.69, 9.17) is 0 Å². The Bertz CT molecular complexity index is 622. The van der Waals surface area contributed by atoms with Gasteiger partial charge in [-0.25, -0.2) is 0 Å². The van der Waals surface area contributed by atoms with E-state index in [2.05, 4.69) is 0 Å². The van der Waals surface area contributed by atoms with Gasteiger partial charge in [0.1, 0.15) is 11.5 Å². The Labute approximate surface area is 111 Å². The fraction of sp³-hybridized carbons (Fsp3) is 0. The fourth-order valence-electron chi connectivity index (χ4n) is 2.09. The van der Waals surface area contributed by atoms with Crippen molar-refractivity contribution in [3.8, 4) is 28.4 Å². The van der Waals surface area contributed by atoms with Crippen molar-refractivity contribution in [2.45, 2.75) is 0 Å². The summed E-state index contributed by atoms with van der Waals surface area (Å²) in [5.74, 6) is 0.508. The lowest BCUT2D eigenvalue weighted by Crippen LogP contribution is -1.94. The van der Waals surface area contributed by atoms with E-state index in [1.165, 1.54) is 0 Å². The molecule has 19 heavy (non-hydrogen) atoms. The van der Waals surface area contributed by atoms with Gasteiger partial charge in [0.2, 0.25) is 0 Å². The van der Waals surface area contributed by atoms with Crippen molar-refractivity contribution in [2.24, 2.45) is 0 Å². The third kappa shape index (κ3) is 2.18. The van der Waals surface area contributed by atoms with Gasteiger partial charge in [0.15, 0.2) is 0 Å². The molecule has 0 unspecified atom stereocenters. The maximum Gasteiger partial charge on any atom is 0.115 e. The van der Waals surface area contributed by atoms with Gasteiger partial charge in [-0.15, -0.1) is 0 Å². The molecule has 3 heteroatoms. The monoisotopic (exact) mass is 251 g/mol. The minimum absolute atomic E-state index is 0.252. The van der Waals surface area contributed by atoms with Gasteiger partial charge in [-0.1, -0.05) is 0 Å². The second-order valence-electron chi connectivity index (χ2n) is 4.33. The van der Waals surface area contributed by atoms with Gasteiger partial charge in [0.25, 0.3) is 0 Å². The first kappa shape index (κ1) is 11.4. The summed E-state index contributed by atoms with van der Waals surface area (Å²) in [6.07, 6.45) is 1.97. The van der Waals surface area contributed by atoms with Gasteiger partial charge in [0, 0.05) is 11.9 Å². The highest BCUT2D eigenvalue weighted by molar-refractivity contribution is 5.63. The summed E-state index contributed by atoms with van der Waals surface area (Å²) in [6.45, 7) is 0. The number of rotatable bonds is 2. The van der Waals surface area contributed by atoms with Gasteiger partial charge >= 0.3 is 0 Å². The van der Waals surface area contributed by atoms with Crippen LogP contribution in [0.1, 0.15) is 0 Å². The highest BCUT2D eigenvalue weighted by Gasteiger charge is 2.05. The van der Waals surface area contributed by atoms with Crippen molar-refractivity contribution in [1.82, 2.24) is 4.57 Å². The molecule has 1 aromatic heterocycles. The van der Waals surface area contributed by atoms with Gasteiger partial charge in [-0.3, -0.25) is 0 Å². The zero-order chi connectivity index (χ0) is 13.2. The molecule has 3 nitrogen and oxygen atoms in total. The smallest absolute Gasteiger partial charge is 0.115 e. The summed E-state index contributed by atoms with van der Waals surface area (Å²) in [4.78, 5) is 0. The minimum Gasteiger partial charge on any atom is -0.508 e. The maximum absolute atomic E-state index is 9.34. The molecular weight excluding hydrogens is 238 g/mol.